The van der Waals surface area contributed by atoms with Crippen LogP contribution in [0.5, 0.6) is 0 Å². The normalized spacial score (nSPS) is 13.3. The van der Waals surface area contributed by atoms with Crippen molar-refractivity contribution in [3.8, 4) is 11.1 Å². The molecule has 0 fully saturated rings. The third kappa shape index (κ3) is 3.97. The van der Waals surface area contributed by atoms with Crippen LogP contribution in [0.1, 0.15) is 38.7 Å². The van der Waals surface area contributed by atoms with E-state index < -0.39 is 11.6 Å². The summed E-state index contributed by atoms with van der Waals surface area (Å²) in [6.07, 6.45) is 1.85. The van der Waals surface area contributed by atoms with Crippen molar-refractivity contribution >= 4 is 17.6 Å². The molecule has 0 amide bonds. The summed E-state index contributed by atoms with van der Waals surface area (Å²) >= 11 is 6.42. The largest absolute Gasteiger partial charge is 0.464 e. The molecule has 24 heavy (non-hydrogen) atoms. The van der Waals surface area contributed by atoms with Gasteiger partial charge in [-0.3, -0.25) is 0 Å². The van der Waals surface area contributed by atoms with Crippen LogP contribution >= 0.6 is 11.6 Å². The van der Waals surface area contributed by atoms with Crippen LogP contribution in [0.2, 0.25) is 5.02 Å². The number of carbonyl (C=O) groups is 1. The summed E-state index contributed by atoms with van der Waals surface area (Å²) in [7, 11) is 0. The second-order valence-electron chi connectivity index (χ2n) is 5.74. The van der Waals surface area contributed by atoms with Gasteiger partial charge in [0.25, 0.3) is 0 Å². The first-order chi connectivity index (χ1) is 11.5. The fourth-order valence-corrected chi connectivity index (χ4v) is 3.03. The molecular formula is C20H23ClO3. The average Bonchev–Trinajstić information content (AvgIpc) is 2.60. The maximum Gasteiger partial charge on any atom is 0.342 e. The zero-order chi connectivity index (χ0) is 17.6. The summed E-state index contributed by atoms with van der Waals surface area (Å²) < 4.78 is 5.08. The molecule has 1 N–H and O–H groups in total. The molecular weight excluding hydrogens is 324 g/mol. The van der Waals surface area contributed by atoms with Gasteiger partial charge in [-0.15, -0.1) is 0 Å². The Morgan fingerprint density at radius 2 is 1.83 bits per heavy atom. The third-order valence-corrected chi connectivity index (χ3v) is 4.34. The molecule has 0 heterocycles. The standard InChI is InChI=1S/C20H23ClO3/c1-3-5-13-20(23,19(22)24-4-2)17-12-11-16(14-18(17)21)15-9-7-6-8-10-15/h6-12,14,23H,3-5,13H2,1-2H3. The molecule has 0 saturated carbocycles. The summed E-state index contributed by atoms with van der Waals surface area (Å²) in [6.45, 7) is 3.94. The van der Waals surface area contributed by atoms with Gasteiger partial charge in [-0.05, 0) is 37.0 Å². The highest BCUT2D eigenvalue weighted by atomic mass is 35.5. The molecule has 2 aromatic carbocycles. The van der Waals surface area contributed by atoms with Crippen LogP contribution in [0.15, 0.2) is 48.5 Å². The summed E-state index contributed by atoms with van der Waals surface area (Å²) in [5.41, 5.74) is 0.652. The van der Waals surface area contributed by atoms with Crippen LogP contribution < -0.4 is 0 Å². The number of unbranched alkanes of at least 4 members (excludes halogenated alkanes) is 1. The number of rotatable bonds is 7. The predicted octanol–water partition coefficient (Wildman–Crippen LogP) is 4.95. The van der Waals surface area contributed by atoms with E-state index >= 15 is 0 Å². The zero-order valence-corrected chi connectivity index (χ0v) is 14.8. The van der Waals surface area contributed by atoms with E-state index in [0.29, 0.717) is 17.0 Å². The van der Waals surface area contributed by atoms with Gasteiger partial charge < -0.3 is 9.84 Å². The van der Waals surface area contributed by atoms with E-state index in [1.54, 1.807) is 19.1 Å². The van der Waals surface area contributed by atoms with Crippen LogP contribution in [-0.4, -0.2) is 17.7 Å². The van der Waals surface area contributed by atoms with E-state index in [0.717, 1.165) is 17.5 Å². The Balaban J connectivity index is 2.41. The smallest absolute Gasteiger partial charge is 0.342 e. The number of hydrogen-bond acceptors (Lipinski definition) is 3. The molecule has 4 heteroatoms. The highest BCUT2D eigenvalue weighted by Gasteiger charge is 2.40. The molecule has 0 saturated heterocycles. The molecule has 0 spiro atoms. The first-order valence-corrected chi connectivity index (χ1v) is 8.65. The van der Waals surface area contributed by atoms with Gasteiger partial charge in [0.1, 0.15) is 0 Å². The van der Waals surface area contributed by atoms with Gasteiger partial charge >= 0.3 is 5.97 Å². The fourth-order valence-electron chi connectivity index (χ4n) is 2.69. The number of halogens is 1. The second-order valence-corrected chi connectivity index (χ2v) is 6.15. The summed E-state index contributed by atoms with van der Waals surface area (Å²) in [4.78, 5) is 12.3. The van der Waals surface area contributed by atoms with Crippen LogP contribution in [0.25, 0.3) is 11.1 Å². The quantitative estimate of drug-likeness (QED) is 0.722. The molecule has 0 aromatic heterocycles. The SMILES string of the molecule is CCCCC(O)(C(=O)OCC)c1ccc(-c2ccccc2)cc1Cl. The topological polar surface area (TPSA) is 46.5 Å². The van der Waals surface area contributed by atoms with Gasteiger partial charge in [0, 0.05) is 10.6 Å². The maximum absolute atomic E-state index is 12.3. The van der Waals surface area contributed by atoms with Crippen LogP contribution in [0.4, 0.5) is 0 Å². The lowest BCUT2D eigenvalue weighted by molar-refractivity contribution is -0.167. The van der Waals surface area contributed by atoms with Crippen molar-refractivity contribution in [3.63, 3.8) is 0 Å². The number of hydrogen-bond donors (Lipinski definition) is 1. The maximum atomic E-state index is 12.3. The summed E-state index contributed by atoms with van der Waals surface area (Å²) in [5, 5.41) is 11.4. The summed E-state index contributed by atoms with van der Waals surface area (Å²) in [5.74, 6) is -0.646. The Kier molecular flexibility index (Phi) is 6.41. The number of carbonyl (C=O) groups excluding carboxylic acids is 1. The highest BCUT2D eigenvalue weighted by Crippen LogP contribution is 2.36. The Morgan fingerprint density at radius 1 is 1.12 bits per heavy atom. The Morgan fingerprint density at radius 3 is 2.42 bits per heavy atom. The fraction of sp³-hybridized carbons (Fsp3) is 0.350. The molecule has 2 aromatic rings. The van der Waals surface area contributed by atoms with Crippen molar-refractivity contribution in [2.75, 3.05) is 6.61 Å². The Bertz CT molecular complexity index is 685. The molecule has 0 aliphatic carbocycles. The van der Waals surface area contributed by atoms with Crippen LogP contribution in [0.3, 0.4) is 0 Å². The van der Waals surface area contributed by atoms with Gasteiger partial charge in [-0.25, -0.2) is 4.79 Å². The number of ether oxygens (including phenoxy) is 1. The minimum atomic E-state index is -1.71. The van der Waals surface area contributed by atoms with Gasteiger partial charge in [0.15, 0.2) is 5.60 Å². The minimum absolute atomic E-state index is 0.215. The number of aliphatic hydroxyl groups is 1. The third-order valence-electron chi connectivity index (χ3n) is 4.03. The van der Waals surface area contributed by atoms with Gasteiger partial charge in [-0.1, -0.05) is 67.4 Å². The molecule has 0 radical (unpaired) electrons. The van der Waals surface area contributed by atoms with E-state index in [1.165, 1.54) is 0 Å². The highest BCUT2D eigenvalue weighted by molar-refractivity contribution is 6.32. The second kappa shape index (κ2) is 8.32. The predicted molar refractivity (Wildman–Crippen MR) is 96.9 cm³/mol. The van der Waals surface area contributed by atoms with Crippen LogP contribution in [0, 0.1) is 0 Å². The zero-order valence-electron chi connectivity index (χ0n) is 14.1. The van der Waals surface area contributed by atoms with Crippen molar-refractivity contribution in [2.24, 2.45) is 0 Å². The lowest BCUT2D eigenvalue weighted by atomic mass is 9.87. The first kappa shape index (κ1) is 18.5. The number of esters is 1. The van der Waals surface area contributed by atoms with Crippen molar-refractivity contribution < 1.29 is 14.6 Å². The lowest BCUT2D eigenvalue weighted by Crippen LogP contribution is -2.37. The van der Waals surface area contributed by atoms with Gasteiger partial charge in [0.05, 0.1) is 6.61 Å². The van der Waals surface area contributed by atoms with Crippen LogP contribution in [-0.2, 0) is 15.1 Å². The Hall–Kier alpha value is -1.84. The first-order valence-electron chi connectivity index (χ1n) is 8.28. The van der Waals surface area contributed by atoms with Crippen molar-refractivity contribution in [3.05, 3.63) is 59.1 Å². The average molecular weight is 347 g/mol. The van der Waals surface area contributed by atoms with Gasteiger partial charge in [-0.2, -0.15) is 0 Å². The monoisotopic (exact) mass is 346 g/mol. The molecule has 0 aliphatic heterocycles. The van der Waals surface area contributed by atoms with E-state index in [9.17, 15) is 9.90 Å². The van der Waals surface area contributed by atoms with E-state index in [-0.39, 0.29) is 13.0 Å². The molecule has 1 atom stereocenters. The van der Waals surface area contributed by atoms with E-state index in [4.69, 9.17) is 16.3 Å². The molecule has 2 rings (SSSR count). The minimum Gasteiger partial charge on any atom is -0.464 e. The number of benzene rings is 2. The molecule has 0 aliphatic rings. The lowest BCUT2D eigenvalue weighted by Gasteiger charge is -2.27. The molecule has 128 valence electrons. The molecule has 1 unspecified atom stereocenters. The Labute approximate surface area is 148 Å². The van der Waals surface area contributed by atoms with Crippen molar-refractivity contribution in [2.45, 2.75) is 38.7 Å². The molecule has 0 bridgehead atoms. The molecule has 3 nitrogen and oxygen atoms in total. The van der Waals surface area contributed by atoms with Crippen molar-refractivity contribution in [1.82, 2.24) is 0 Å². The van der Waals surface area contributed by atoms with Crippen molar-refractivity contribution in [1.29, 1.82) is 0 Å². The van der Waals surface area contributed by atoms with Gasteiger partial charge in [0.2, 0.25) is 0 Å². The summed E-state index contributed by atoms with van der Waals surface area (Å²) in [6, 6.07) is 15.2. The van der Waals surface area contributed by atoms with E-state index in [2.05, 4.69) is 0 Å². The van der Waals surface area contributed by atoms with E-state index in [1.807, 2.05) is 43.3 Å².